The van der Waals surface area contributed by atoms with E-state index in [2.05, 4.69) is 35.3 Å². The summed E-state index contributed by atoms with van der Waals surface area (Å²) in [5, 5.41) is 3.51. The molecular weight excluding hydrogens is 296 g/mol. The highest BCUT2D eigenvalue weighted by Crippen LogP contribution is 2.37. The highest BCUT2D eigenvalue weighted by atomic mass is 35.5. The first-order valence-corrected chi connectivity index (χ1v) is 7.70. The maximum Gasteiger partial charge on any atom is 0.257 e. The van der Waals surface area contributed by atoms with Crippen molar-refractivity contribution in [1.82, 2.24) is 0 Å². The van der Waals surface area contributed by atoms with Crippen LogP contribution in [0.15, 0.2) is 48.7 Å². The molecule has 0 aromatic heterocycles. The Bertz CT molecular complexity index is 812. The lowest BCUT2D eigenvalue weighted by Crippen LogP contribution is -2.24. The van der Waals surface area contributed by atoms with Crippen molar-refractivity contribution in [2.24, 2.45) is 0 Å². The molecule has 2 aliphatic heterocycles. The van der Waals surface area contributed by atoms with E-state index in [9.17, 15) is 4.79 Å². The third-order valence-electron chi connectivity index (χ3n) is 4.29. The van der Waals surface area contributed by atoms with E-state index in [1.807, 2.05) is 24.4 Å². The van der Waals surface area contributed by atoms with Crippen LogP contribution < -0.4 is 10.2 Å². The lowest BCUT2D eigenvalue weighted by atomic mass is 10.1. The molecule has 2 aromatic rings. The normalized spacial score (nSPS) is 21.0. The number of anilines is 2. The number of amides is 1. The minimum Gasteiger partial charge on any atom is -0.344 e. The van der Waals surface area contributed by atoms with Gasteiger partial charge in [-0.05, 0) is 37.1 Å². The van der Waals surface area contributed by atoms with Gasteiger partial charge in [0.05, 0.1) is 11.3 Å². The van der Waals surface area contributed by atoms with Crippen molar-refractivity contribution in [1.29, 1.82) is 0 Å². The number of benzene rings is 2. The highest BCUT2D eigenvalue weighted by Gasteiger charge is 2.29. The van der Waals surface area contributed by atoms with Crippen LogP contribution in [0.25, 0.3) is 5.57 Å². The molecule has 1 atom stereocenters. The Labute approximate surface area is 134 Å². The van der Waals surface area contributed by atoms with Crippen molar-refractivity contribution in [3.8, 4) is 0 Å². The predicted molar refractivity (Wildman–Crippen MR) is 90.1 cm³/mol. The van der Waals surface area contributed by atoms with E-state index in [4.69, 9.17) is 11.6 Å². The van der Waals surface area contributed by atoms with Gasteiger partial charge in [0.25, 0.3) is 5.91 Å². The number of halogens is 1. The summed E-state index contributed by atoms with van der Waals surface area (Å²) < 4.78 is 0. The molecule has 4 rings (SSSR count). The third-order valence-corrected chi connectivity index (χ3v) is 4.53. The molecule has 1 N–H and O–H groups in total. The van der Waals surface area contributed by atoms with E-state index in [0.29, 0.717) is 16.6 Å². The standard InChI is InChI=1S/C18H15ClN2O/c1-11-8-12-4-2-3-5-17(12)21(11)10-15-14-7-6-13(19)9-16(14)20-18(15)22/h2-7,9-11H,8H2,1H3,(H,20,22)/b15-10+. The minimum absolute atomic E-state index is 0.0751. The molecule has 0 saturated carbocycles. The molecule has 1 amide bonds. The Morgan fingerprint density at radius 1 is 1.27 bits per heavy atom. The summed E-state index contributed by atoms with van der Waals surface area (Å²) in [6.45, 7) is 2.17. The maximum absolute atomic E-state index is 12.3. The number of carbonyl (C=O) groups excluding carboxylic acids is 1. The van der Waals surface area contributed by atoms with E-state index in [1.165, 1.54) is 11.3 Å². The lowest BCUT2D eigenvalue weighted by molar-refractivity contribution is -0.110. The monoisotopic (exact) mass is 310 g/mol. The summed E-state index contributed by atoms with van der Waals surface area (Å²) in [4.78, 5) is 14.5. The Hall–Kier alpha value is -2.26. The van der Waals surface area contributed by atoms with Crippen LogP contribution in [0.1, 0.15) is 18.1 Å². The molecule has 3 nitrogen and oxygen atoms in total. The fraction of sp³-hybridized carbons (Fsp3) is 0.167. The zero-order valence-corrected chi connectivity index (χ0v) is 12.9. The van der Waals surface area contributed by atoms with Gasteiger partial charge in [-0.1, -0.05) is 35.9 Å². The van der Waals surface area contributed by atoms with Crippen molar-refractivity contribution in [3.63, 3.8) is 0 Å². The van der Waals surface area contributed by atoms with Crippen molar-refractivity contribution in [2.75, 3.05) is 10.2 Å². The number of fused-ring (bicyclic) bond motifs is 2. The number of para-hydroxylation sites is 1. The SMILES string of the molecule is CC1Cc2ccccc2N1/C=C1/C(=O)Nc2cc(Cl)ccc21. The van der Waals surface area contributed by atoms with Crippen LogP contribution in [0.4, 0.5) is 11.4 Å². The van der Waals surface area contributed by atoms with Gasteiger partial charge in [0.1, 0.15) is 0 Å². The van der Waals surface area contributed by atoms with Crippen LogP contribution in [-0.4, -0.2) is 11.9 Å². The Morgan fingerprint density at radius 3 is 2.95 bits per heavy atom. The van der Waals surface area contributed by atoms with Crippen molar-refractivity contribution < 1.29 is 4.79 Å². The van der Waals surface area contributed by atoms with Gasteiger partial charge in [-0.25, -0.2) is 0 Å². The van der Waals surface area contributed by atoms with Crippen molar-refractivity contribution >= 4 is 34.5 Å². The van der Waals surface area contributed by atoms with Crippen LogP contribution >= 0.6 is 11.6 Å². The lowest BCUT2D eigenvalue weighted by Gasteiger charge is -2.21. The average molecular weight is 311 g/mol. The van der Waals surface area contributed by atoms with Gasteiger partial charge in [0.2, 0.25) is 0 Å². The fourth-order valence-corrected chi connectivity index (χ4v) is 3.39. The maximum atomic E-state index is 12.3. The molecule has 0 radical (unpaired) electrons. The third kappa shape index (κ3) is 2.01. The van der Waals surface area contributed by atoms with Gasteiger partial charge < -0.3 is 10.2 Å². The second-order valence-electron chi connectivity index (χ2n) is 5.78. The van der Waals surface area contributed by atoms with Gasteiger partial charge in [0.15, 0.2) is 0 Å². The van der Waals surface area contributed by atoms with Gasteiger partial charge in [-0.15, -0.1) is 0 Å². The minimum atomic E-state index is -0.0751. The van der Waals surface area contributed by atoms with Crippen LogP contribution in [-0.2, 0) is 11.2 Å². The Balaban J connectivity index is 1.80. The van der Waals surface area contributed by atoms with Crippen LogP contribution in [0.2, 0.25) is 5.02 Å². The predicted octanol–water partition coefficient (Wildman–Crippen LogP) is 4.08. The molecule has 0 bridgehead atoms. The van der Waals surface area contributed by atoms with Gasteiger partial charge in [-0.2, -0.15) is 0 Å². The number of carbonyl (C=O) groups is 1. The van der Waals surface area contributed by atoms with Crippen LogP contribution in [0.3, 0.4) is 0 Å². The fourth-order valence-electron chi connectivity index (χ4n) is 3.22. The Kier molecular flexibility index (Phi) is 2.98. The summed E-state index contributed by atoms with van der Waals surface area (Å²) in [7, 11) is 0. The molecule has 0 aliphatic carbocycles. The van der Waals surface area contributed by atoms with Gasteiger partial charge in [0, 0.05) is 28.5 Å². The van der Waals surface area contributed by atoms with E-state index < -0.39 is 0 Å². The number of hydrogen-bond acceptors (Lipinski definition) is 2. The molecular formula is C18H15ClN2O. The van der Waals surface area contributed by atoms with Crippen molar-refractivity contribution in [2.45, 2.75) is 19.4 Å². The number of hydrogen-bond donors (Lipinski definition) is 1. The number of nitrogens with one attached hydrogen (secondary N) is 1. The molecule has 0 saturated heterocycles. The van der Waals surface area contributed by atoms with E-state index in [0.717, 1.165) is 17.7 Å². The first-order chi connectivity index (χ1) is 10.6. The Morgan fingerprint density at radius 2 is 2.09 bits per heavy atom. The summed E-state index contributed by atoms with van der Waals surface area (Å²) in [6, 6.07) is 14.2. The van der Waals surface area contributed by atoms with Gasteiger partial charge in [-0.3, -0.25) is 4.79 Å². The number of nitrogens with zero attached hydrogens (tertiary/aromatic N) is 1. The molecule has 4 heteroatoms. The summed E-state index contributed by atoms with van der Waals surface area (Å²) in [6.07, 6.45) is 2.96. The summed E-state index contributed by atoms with van der Waals surface area (Å²) in [5.41, 5.74) is 4.88. The molecule has 0 fully saturated rings. The van der Waals surface area contributed by atoms with E-state index in [1.54, 1.807) is 6.07 Å². The quantitative estimate of drug-likeness (QED) is 0.805. The molecule has 2 heterocycles. The summed E-state index contributed by atoms with van der Waals surface area (Å²) >= 11 is 6.00. The second-order valence-corrected chi connectivity index (χ2v) is 6.21. The molecule has 2 aliphatic rings. The average Bonchev–Trinajstić information content (AvgIpc) is 2.97. The van der Waals surface area contributed by atoms with Crippen LogP contribution in [0, 0.1) is 0 Å². The number of rotatable bonds is 1. The first-order valence-electron chi connectivity index (χ1n) is 7.33. The first kappa shape index (κ1) is 13.4. The largest absolute Gasteiger partial charge is 0.344 e. The van der Waals surface area contributed by atoms with Crippen molar-refractivity contribution in [3.05, 3.63) is 64.8 Å². The zero-order valence-electron chi connectivity index (χ0n) is 12.1. The van der Waals surface area contributed by atoms with E-state index >= 15 is 0 Å². The smallest absolute Gasteiger partial charge is 0.257 e. The molecule has 110 valence electrons. The zero-order chi connectivity index (χ0) is 15.3. The van der Waals surface area contributed by atoms with Crippen LogP contribution in [0.5, 0.6) is 0 Å². The molecule has 22 heavy (non-hydrogen) atoms. The summed E-state index contributed by atoms with van der Waals surface area (Å²) in [5.74, 6) is -0.0751. The van der Waals surface area contributed by atoms with E-state index in [-0.39, 0.29) is 5.91 Å². The van der Waals surface area contributed by atoms with Gasteiger partial charge >= 0.3 is 0 Å². The molecule has 2 aromatic carbocycles. The molecule has 1 unspecified atom stereocenters. The highest BCUT2D eigenvalue weighted by molar-refractivity contribution is 6.34. The second kappa shape index (κ2) is 4.89. The topological polar surface area (TPSA) is 32.3 Å². The molecule has 0 spiro atoms.